The molecular weight excluding hydrogens is 224 g/mol. The van der Waals surface area contributed by atoms with Gasteiger partial charge in [0, 0.05) is 0 Å². The van der Waals surface area contributed by atoms with Crippen LogP contribution in [0.4, 0.5) is 0 Å². The zero-order chi connectivity index (χ0) is 13.1. The molecule has 2 rings (SSSR count). The third-order valence-electron chi connectivity index (χ3n) is 3.10. The van der Waals surface area contributed by atoms with E-state index in [4.69, 9.17) is 4.74 Å². The molecule has 0 saturated heterocycles. The molecule has 0 aliphatic carbocycles. The largest absolute Gasteiger partial charge is 0.465 e. The second-order valence-electron chi connectivity index (χ2n) is 4.34. The molecule has 2 nitrogen and oxygen atoms in total. The van der Waals surface area contributed by atoms with Crippen LogP contribution in [-0.4, -0.2) is 13.1 Å². The van der Waals surface area contributed by atoms with Gasteiger partial charge in [0.2, 0.25) is 0 Å². The van der Waals surface area contributed by atoms with Crippen LogP contribution < -0.4 is 0 Å². The van der Waals surface area contributed by atoms with Gasteiger partial charge < -0.3 is 4.74 Å². The van der Waals surface area contributed by atoms with Gasteiger partial charge in [-0.2, -0.15) is 0 Å². The third-order valence-corrected chi connectivity index (χ3v) is 3.10. The van der Waals surface area contributed by atoms with Crippen LogP contribution in [0.15, 0.2) is 42.5 Å². The first kappa shape index (κ1) is 12.4. The molecule has 0 aliphatic rings. The summed E-state index contributed by atoms with van der Waals surface area (Å²) in [5, 5.41) is 0. The molecule has 2 heteroatoms. The van der Waals surface area contributed by atoms with Crippen LogP contribution in [0.1, 0.15) is 21.5 Å². The Kier molecular flexibility index (Phi) is 3.47. The van der Waals surface area contributed by atoms with Crippen molar-refractivity contribution in [1.29, 1.82) is 0 Å². The van der Waals surface area contributed by atoms with E-state index in [0.29, 0.717) is 5.56 Å². The molecule has 0 radical (unpaired) electrons. The Morgan fingerprint density at radius 1 is 1.00 bits per heavy atom. The lowest BCUT2D eigenvalue weighted by Gasteiger charge is -2.10. The van der Waals surface area contributed by atoms with Crippen LogP contribution in [0.5, 0.6) is 0 Å². The van der Waals surface area contributed by atoms with Crippen molar-refractivity contribution in [3.8, 4) is 11.1 Å². The highest BCUT2D eigenvalue weighted by atomic mass is 16.5. The Morgan fingerprint density at radius 2 is 1.67 bits per heavy atom. The molecule has 0 bridgehead atoms. The molecule has 0 saturated carbocycles. The highest BCUT2D eigenvalue weighted by molar-refractivity contribution is 5.93. The zero-order valence-electron chi connectivity index (χ0n) is 10.9. The number of carbonyl (C=O) groups is 1. The number of carbonyl (C=O) groups excluding carboxylic acids is 1. The van der Waals surface area contributed by atoms with Gasteiger partial charge in [0.15, 0.2) is 0 Å². The van der Waals surface area contributed by atoms with Crippen molar-refractivity contribution in [3.05, 3.63) is 59.2 Å². The van der Waals surface area contributed by atoms with Crippen molar-refractivity contribution < 1.29 is 9.53 Å². The summed E-state index contributed by atoms with van der Waals surface area (Å²) in [6, 6.07) is 14.0. The zero-order valence-corrected chi connectivity index (χ0v) is 10.9. The molecule has 92 valence electrons. The van der Waals surface area contributed by atoms with Crippen LogP contribution in [0, 0.1) is 13.8 Å². The lowest BCUT2D eigenvalue weighted by molar-refractivity contribution is 0.0600. The molecule has 0 heterocycles. The highest BCUT2D eigenvalue weighted by Crippen LogP contribution is 2.26. The molecule has 2 aromatic rings. The fraction of sp³-hybridized carbons (Fsp3) is 0.188. The van der Waals surface area contributed by atoms with Gasteiger partial charge >= 0.3 is 5.97 Å². The molecule has 0 aromatic heterocycles. The van der Waals surface area contributed by atoms with Crippen LogP contribution in [0.2, 0.25) is 0 Å². The lowest BCUT2D eigenvalue weighted by atomic mass is 9.96. The number of esters is 1. The molecule has 2 aromatic carbocycles. The summed E-state index contributed by atoms with van der Waals surface area (Å²) < 4.78 is 4.79. The number of benzene rings is 2. The number of rotatable bonds is 2. The summed E-state index contributed by atoms with van der Waals surface area (Å²) in [6.07, 6.45) is 0. The Bertz CT molecular complexity index is 568. The van der Waals surface area contributed by atoms with E-state index in [0.717, 1.165) is 16.7 Å². The first-order chi connectivity index (χ1) is 8.63. The molecule has 0 atom stereocenters. The summed E-state index contributed by atoms with van der Waals surface area (Å²) in [7, 11) is 1.40. The molecule has 0 aliphatic heterocycles. The van der Waals surface area contributed by atoms with Crippen molar-refractivity contribution in [1.82, 2.24) is 0 Å². The van der Waals surface area contributed by atoms with Crippen molar-refractivity contribution in [2.45, 2.75) is 13.8 Å². The van der Waals surface area contributed by atoms with Crippen molar-refractivity contribution in [3.63, 3.8) is 0 Å². The number of hydrogen-bond donors (Lipinski definition) is 0. The summed E-state index contributed by atoms with van der Waals surface area (Å²) in [5.41, 5.74) is 4.98. The summed E-state index contributed by atoms with van der Waals surface area (Å²) >= 11 is 0. The predicted octanol–water partition coefficient (Wildman–Crippen LogP) is 3.76. The second kappa shape index (κ2) is 5.05. The minimum atomic E-state index is -0.290. The second-order valence-corrected chi connectivity index (χ2v) is 4.34. The lowest BCUT2D eigenvalue weighted by Crippen LogP contribution is -2.04. The third kappa shape index (κ3) is 2.28. The van der Waals surface area contributed by atoms with E-state index < -0.39 is 0 Å². The SMILES string of the molecule is COC(=O)c1cccc(-c2ccc(C)cc2)c1C. The van der Waals surface area contributed by atoms with Crippen molar-refractivity contribution in [2.75, 3.05) is 7.11 Å². The van der Waals surface area contributed by atoms with Gasteiger partial charge in [-0.05, 0) is 36.6 Å². The average molecular weight is 240 g/mol. The molecular formula is C16H16O2. The summed E-state index contributed by atoms with van der Waals surface area (Å²) in [6.45, 7) is 4.00. The van der Waals surface area contributed by atoms with Crippen LogP contribution in [-0.2, 0) is 4.74 Å². The molecule has 18 heavy (non-hydrogen) atoms. The number of ether oxygens (including phenoxy) is 1. The van der Waals surface area contributed by atoms with E-state index >= 15 is 0 Å². The van der Waals surface area contributed by atoms with Crippen molar-refractivity contribution in [2.24, 2.45) is 0 Å². The maximum atomic E-state index is 11.6. The van der Waals surface area contributed by atoms with E-state index in [1.807, 2.05) is 19.1 Å². The molecule has 0 fully saturated rings. The monoisotopic (exact) mass is 240 g/mol. The van der Waals surface area contributed by atoms with E-state index in [9.17, 15) is 4.79 Å². The smallest absolute Gasteiger partial charge is 0.338 e. The van der Waals surface area contributed by atoms with Crippen LogP contribution >= 0.6 is 0 Å². The molecule has 0 unspecified atom stereocenters. The van der Waals surface area contributed by atoms with Gasteiger partial charge in [-0.25, -0.2) is 4.79 Å². The van der Waals surface area contributed by atoms with E-state index in [-0.39, 0.29) is 5.97 Å². The maximum Gasteiger partial charge on any atom is 0.338 e. The van der Waals surface area contributed by atoms with Crippen LogP contribution in [0.25, 0.3) is 11.1 Å². The standard InChI is InChI=1S/C16H16O2/c1-11-7-9-13(10-8-11)14-5-4-6-15(12(14)2)16(17)18-3/h4-10H,1-3H3. The first-order valence-electron chi connectivity index (χ1n) is 5.88. The van der Waals surface area contributed by atoms with Gasteiger partial charge in [-0.15, -0.1) is 0 Å². The number of aryl methyl sites for hydroxylation is 1. The highest BCUT2D eigenvalue weighted by Gasteiger charge is 2.12. The first-order valence-corrected chi connectivity index (χ1v) is 5.88. The Morgan fingerprint density at radius 3 is 2.28 bits per heavy atom. The fourth-order valence-corrected chi connectivity index (χ4v) is 2.01. The van der Waals surface area contributed by atoms with Gasteiger partial charge in [0.25, 0.3) is 0 Å². The average Bonchev–Trinajstić information content (AvgIpc) is 2.39. The van der Waals surface area contributed by atoms with E-state index in [1.54, 1.807) is 6.07 Å². The Balaban J connectivity index is 2.52. The molecule has 0 spiro atoms. The molecule has 0 amide bonds. The number of hydrogen-bond acceptors (Lipinski definition) is 2. The summed E-state index contributed by atoms with van der Waals surface area (Å²) in [5.74, 6) is -0.290. The minimum absolute atomic E-state index is 0.290. The normalized spacial score (nSPS) is 10.2. The maximum absolute atomic E-state index is 11.6. The topological polar surface area (TPSA) is 26.3 Å². The van der Waals surface area contributed by atoms with E-state index in [2.05, 4.69) is 31.2 Å². The van der Waals surface area contributed by atoms with Gasteiger partial charge in [0.05, 0.1) is 12.7 Å². The Labute approximate surface area is 107 Å². The Hall–Kier alpha value is -2.09. The molecule has 0 N–H and O–H groups in total. The fourth-order valence-electron chi connectivity index (χ4n) is 2.01. The summed E-state index contributed by atoms with van der Waals surface area (Å²) in [4.78, 5) is 11.6. The van der Waals surface area contributed by atoms with E-state index in [1.165, 1.54) is 12.7 Å². The quantitative estimate of drug-likeness (QED) is 0.747. The van der Waals surface area contributed by atoms with Gasteiger partial charge in [-0.1, -0.05) is 42.0 Å². The number of methoxy groups -OCH3 is 1. The van der Waals surface area contributed by atoms with Gasteiger partial charge in [0.1, 0.15) is 0 Å². The van der Waals surface area contributed by atoms with Crippen molar-refractivity contribution >= 4 is 5.97 Å². The van der Waals surface area contributed by atoms with Gasteiger partial charge in [-0.3, -0.25) is 0 Å². The van der Waals surface area contributed by atoms with Crippen LogP contribution in [0.3, 0.4) is 0 Å². The predicted molar refractivity (Wildman–Crippen MR) is 72.7 cm³/mol. The minimum Gasteiger partial charge on any atom is -0.465 e.